The minimum Gasteiger partial charge on any atom is -0.452 e. The standard InChI is InChI=1S/C19H18N2O6S/c1-2-28(25,26)16-10-6-3-7-13(16)19(24)27-12-18(23)21-11-17(22)20-14-8-4-5-9-15(14)21/h3-10H,2,11-12H2,1H3,(H,20,22). The zero-order valence-electron chi connectivity index (χ0n) is 15.0. The van der Waals surface area contributed by atoms with E-state index in [9.17, 15) is 22.8 Å². The number of carbonyl (C=O) groups is 3. The predicted octanol–water partition coefficient (Wildman–Crippen LogP) is 1.62. The number of anilines is 2. The number of nitrogens with zero attached hydrogens (tertiary/aromatic N) is 1. The maximum Gasteiger partial charge on any atom is 0.339 e. The molecule has 0 fully saturated rings. The third kappa shape index (κ3) is 3.89. The van der Waals surface area contributed by atoms with Crippen LogP contribution in [0.4, 0.5) is 11.4 Å². The lowest BCUT2D eigenvalue weighted by atomic mass is 10.2. The molecule has 0 radical (unpaired) electrons. The SMILES string of the molecule is CCS(=O)(=O)c1ccccc1C(=O)OCC(=O)N1CC(=O)Nc2ccccc21. The molecule has 28 heavy (non-hydrogen) atoms. The molecule has 0 saturated carbocycles. The van der Waals surface area contributed by atoms with E-state index in [1.807, 2.05) is 0 Å². The number of nitrogens with one attached hydrogen (secondary N) is 1. The van der Waals surface area contributed by atoms with Crippen LogP contribution < -0.4 is 10.2 Å². The summed E-state index contributed by atoms with van der Waals surface area (Å²) in [6.07, 6.45) is 0. The maximum atomic E-state index is 12.5. The first-order valence-electron chi connectivity index (χ1n) is 8.51. The summed E-state index contributed by atoms with van der Waals surface area (Å²) in [4.78, 5) is 37.8. The first-order chi connectivity index (χ1) is 13.3. The van der Waals surface area contributed by atoms with Crippen LogP contribution >= 0.6 is 0 Å². The van der Waals surface area contributed by atoms with Crippen LogP contribution in [0, 0.1) is 0 Å². The Labute approximate surface area is 162 Å². The number of esters is 1. The molecular formula is C19H18N2O6S. The van der Waals surface area contributed by atoms with E-state index >= 15 is 0 Å². The first kappa shape index (κ1) is 19.6. The molecule has 0 saturated heterocycles. The van der Waals surface area contributed by atoms with Gasteiger partial charge in [0, 0.05) is 0 Å². The largest absolute Gasteiger partial charge is 0.452 e. The van der Waals surface area contributed by atoms with Gasteiger partial charge in [0.2, 0.25) is 5.91 Å². The molecule has 8 nitrogen and oxygen atoms in total. The monoisotopic (exact) mass is 402 g/mol. The van der Waals surface area contributed by atoms with Crippen LogP contribution in [0.3, 0.4) is 0 Å². The number of hydrogen-bond acceptors (Lipinski definition) is 6. The number of fused-ring (bicyclic) bond motifs is 1. The van der Waals surface area contributed by atoms with E-state index in [0.717, 1.165) is 0 Å². The highest BCUT2D eigenvalue weighted by molar-refractivity contribution is 7.91. The van der Waals surface area contributed by atoms with Crippen molar-refractivity contribution in [1.29, 1.82) is 0 Å². The molecule has 1 heterocycles. The van der Waals surface area contributed by atoms with Crippen LogP contribution in [0.25, 0.3) is 0 Å². The van der Waals surface area contributed by atoms with Gasteiger partial charge in [0.25, 0.3) is 5.91 Å². The summed E-state index contributed by atoms with van der Waals surface area (Å²) in [5, 5.41) is 2.66. The van der Waals surface area contributed by atoms with Gasteiger partial charge in [0.15, 0.2) is 16.4 Å². The molecule has 1 aliphatic heterocycles. The summed E-state index contributed by atoms with van der Waals surface area (Å²) in [5.41, 5.74) is 0.851. The summed E-state index contributed by atoms with van der Waals surface area (Å²) in [6.45, 7) is 0.648. The third-order valence-electron chi connectivity index (χ3n) is 4.22. The predicted molar refractivity (Wildman–Crippen MR) is 102 cm³/mol. The molecule has 0 aliphatic carbocycles. The Morgan fingerprint density at radius 3 is 2.54 bits per heavy atom. The van der Waals surface area contributed by atoms with Gasteiger partial charge in [-0.25, -0.2) is 13.2 Å². The van der Waals surface area contributed by atoms with Crippen molar-refractivity contribution in [3.05, 3.63) is 54.1 Å². The molecular weight excluding hydrogens is 384 g/mol. The number of amides is 2. The topological polar surface area (TPSA) is 110 Å². The summed E-state index contributed by atoms with van der Waals surface area (Å²) in [7, 11) is -3.63. The molecule has 2 aromatic carbocycles. The van der Waals surface area contributed by atoms with Crippen LogP contribution in [0.2, 0.25) is 0 Å². The minimum absolute atomic E-state index is 0.131. The Bertz CT molecular complexity index is 1050. The molecule has 2 amide bonds. The maximum absolute atomic E-state index is 12.5. The zero-order valence-corrected chi connectivity index (χ0v) is 15.9. The quantitative estimate of drug-likeness (QED) is 0.761. The van der Waals surface area contributed by atoms with Crippen LogP contribution in [0.1, 0.15) is 17.3 Å². The second-order valence-corrected chi connectivity index (χ2v) is 8.27. The van der Waals surface area contributed by atoms with E-state index in [-0.39, 0.29) is 28.7 Å². The number of benzene rings is 2. The average molecular weight is 402 g/mol. The van der Waals surface area contributed by atoms with Crippen LogP contribution in [0.5, 0.6) is 0 Å². The fourth-order valence-corrected chi connectivity index (χ4v) is 3.88. The lowest BCUT2D eigenvalue weighted by Gasteiger charge is -2.28. The van der Waals surface area contributed by atoms with E-state index < -0.39 is 28.3 Å². The number of sulfone groups is 1. The second kappa shape index (κ2) is 7.81. The highest BCUT2D eigenvalue weighted by Crippen LogP contribution is 2.29. The lowest BCUT2D eigenvalue weighted by Crippen LogP contribution is -2.44. The van der Waals surface area contributed by atoms with Crippen LogP contribution in [0.15, 0.2) is 53.4 Å². The van der Waals surface area contributed by atoms with Gasteiger partial charge in [-0.1, -0.05) is 31.2 Å². The highest BCUT2D eigenvalue weighted by Gasteiger charge is 2.28. The third-order valence-corrected chi connectivity index (χ3v) is 6.01. The number of hydrogen-bond donors (Lipinski definition) is 1. The van der Waals surface area contributed by atoms with Crippen molar-refractivity contribution in [2.24, 2.45) is 0 Å². The van der Waals surface area contributed by atoms with E-state index in [1.165, 1.54) is 36.1 Å². The van der Waals surface area contributed by atoms with Crippen molar-refractivity contribution in [2.75, 3.05) is 29.1 Å². The van der Waals surface area contributed by atoms with Crippen molar-refractivity contribution in [1.82, 2.24) is 0 Å². The molecule has 0 aromatic heterocycles. The Morgan fingerprint density at radius 1 is 1.11 bits per heavy atom. The Morgan fingerprint density at radius 2 is 1.79 bits per heavy atom. The number of carbonyl (C=O) groups excluding carboxylic acids is 3. The molecule has 9 heteroatoms. The fraction of sp³-hybridized carbons (Fsp3) is 0.211. The molecule has 0 bridgehead atoms. The van der Waals surface area contributed by atoms with Gasteiger partial charge in [0.05, 0.1) is 27.6 Å². The van der Waals surface area contributed by atoms with Crippen molar-refractivity contribution in [3.63, 3.8) is 0 Å². The Balaban J connectivity index is 1.76. The van der Waals surface area contributed by atoms with Gasteiger partial charge < -0.3 is 10.1 Å². The highest BCUT2D eigenvalue weighted by atomic mass is 32.2. The smallest absolute Gasteiger partial charge is 0.339 e. The van der Waals surface area contributed by atoms with Crippen molar-refractivity contribution in [2.45, 2.75) is 11.8 Å². The van der Waals surface area contributed by atoms with Crippen molar-refractivity contribution >= 4 is 39.0 Å². The average Bonchev–Trinajstić information content (AvgIpc) is 2.71. The normalized spacial score (nSPS) is 13.5. The Hall–Kier alpha value is -3.20. The summed E-state index contributed by atoms with van der Waals surface area (Å²) < 4.78 is 29.4. The molecule has 146 valence electrons. The zero-order chi connectivity index (χ0) is 20.3. The van der Waals surface area contributed by atoms with Gasteiger partial charge in [-0.3, -0.25) is 14.5 Å². The van der Waals surface area contributed by atoms with E-state index in [2.05, 4.69) is 5.32 Å². The molecule has 0 unspecified atom stereocenters. The molecule has 2 aromatic rings. The van der Waals surface area contributed by atoms with Crippen LogP contribution in [-0.4, -0.2) is 45.1 Å². The number of ether oxygens (including phenoxy) is 1. The van der Waals surface area contributed by atoms with E-state index in [0.29, 0.717) is 11.4 Å². The second-order valence-electron chi connectivity index (χ2n) is 6.02. The number of para-hydroxylation sites is 2. The molecule has 0 spiro atoms. The van der Waals surface area contributed by atoms with E-state index in [4.69, 9.17) is 4.74 Å². The molecule has 3 rings (SSSR count). The first-order valence-corrected chi connectivity index (χ1v) is 10.2. The Kier molecular flexibility index (Phi) is 5.46. The molecule has 1 N–H and O–H groups in total. The summed E-state index contributed by atoms with van der Waals surface area (Å²) in [5.74, 6) is -2.05. The number of rotatable bonds is 5. The van der Waals surface area contributed by atoms with Gasteiger partial charge in [-0.2, -0.15) is 0 Å². The van der Waals surface area contributed by atoms with Gasteiger partial charge in [-0.15, -0.1) is 0 Å². The van der Waals surface area contributed by atoms with Gasteiger partial charge >= 0.3 is 5.97 Å². The van der Waals surface area contributed by atoms with Gasteiger partial charge in [-0.05, 0) is 24.3 Å². The fourth-order valence-electron chi connectivity index (χ4n) is 2.80. The van der Waals surface area contributed by atoms with Crippen molar-refractivity contribution in [3.8, 4) is 0 Å². The summed E-state index contributed by atoms with van der Waals surface area (Å²) in [6, 6.07) is 12.4. The van der Waals surface area contributed by atoms with Crippen LogP contribution in [-0.2, 0) is 24.2 Å². The van der Waals surface area contributed by atoms with E-state index in [1.54, 1.807) is 24.3 Å². The molecule has 0 atom stereocenters. The van der Waals surface area contributed by atoms with Crippen molar-refractivity contribution < 1.29 is 27.5 Å². The molecule has 1 aliphatic rings. The van der Waals surface area contributed by atoms with Gasteiger partial charge in [0.1, 0.15) is 6.54 Å². The lowest BCUT2D eigenvalue weighted by molar-refractivity contribution is -0.124. The summed E-state index contributed by atoms with van der Waals surface area (Å²) >= 11 is 0. The minimum atomic E-state index is -3.63.